The van der Waals surface area contributed by atoms with Crippen molar-refractivity contribution in [2.45, 2.75) is 34.2 Å². The second kappa shape index (κ2) is 8.19. The van der Waals surface area contributed by atoms with E-state index < -0.39 is 0 Å². The standard InChI is InChI=1S/C26H25N3O2/c1-16-13-17(2)24(18(3)14-16)28-25(30)21-11-9-20(10-12-21)15-29-23-8-6-5-7-22(23)27-19(4)26(29)31/h5-14H,15H2,1-4H3,(H,28,30). The molecule has 1 N–H and O–H groups in total. The molecule has 31 heavy (non-hydrogen) atoms. The highest BCUT2D eigenvalue weighted by atomic mass is 16.1. The Balaban J connectivity index is 1.59. The van der Waals surface area contributed by atoms with Crippen molar-refractivity contribution < 1.29 is 4.79 Å². The molecule has 156 valence electrons. The topological polar surface area (TPSA) is 64.0 Å². The lowest BCUT2D eigenvalue weighted by Crippen LogP contribution is -2.24. The molecule has 0 saturated heterocycles. The number of nitrogens with one attached hydrogen (secondary N) is 1. The molecular weight excluding hydrogens is 386 g/mol. The quantitative estimate of drug-likeness (QED) is 0.518. The third-order valence-electron chi connectivity index (χ3n) is 5.49. The largest absolute Gasteiger partial charge is 0.322 e. The number of hydrogen-bond donors (Lipinski definition) is 1. The van der Waals surface area contributed by atoms with Crippen LogP contribution in [-0.4, -0.2) is 15.5 Å². The van der Waals surface area contributed by atoms with Crippen LogP contribution in [0.5, 0.6) is 0 Å². The van der Waals surface area contributed by atoms with Crippen LogP contribution in [0.4, 0.5) is 5.69 Å². The van der Waals surface area contributed by atoms with Crippen molar-refractivity contribution in [1.29, 1.82) is 0 Å². The number of para-hydroxylation sites is 2. The first-order chi connectivity index (χ1) is 14.8. The van der Waals surface area contributed by atoms with Crippen molar-refractivity contribution in [3.8, 4) is 0 Å². The molecule has 0 radical (unpaired) electrons. The van der Waals surface area contributed by atoms with Crippen molar-refractivity contribution in [2.24, 2.45) is 0 Å². The van der Waals surface area contributed by atoms with Crippen LogP contribution in [0.2, 0.25) is 0 Å². The normalized spacial score (nSPS) is 11.0. The van der Waals surface area contributed by atoms with Gasteiger partial charge in [-0.05, 0) is 68.7 Å². The summed E-state index contributed by atoms with van der Waals surface area (Å²) in [5.74, 6) is -0.149. The van der Waals surface area contributed by atoms with Crippen molar-refractivity contribution in [1.82, 2.24) is 9.55 Å². The Morgan fingerprint density at radius 1 is 0.935 bits per heavy atom. The number of carbonyl (C=O) groups excluding carboxylic acids is 1. The molecule has 0 saturated carbocycles. The minimum absolute atomic E-state index is 0.106. The highest BCUT2D eigenvalue weighted by Gasteiger charge is 2.12. The predicted molar refractivity (Wildman–Crippen MR) is 125 cm³/mol. The number of nitrogens with zero attached hydrogens (tertiary/aromatic N) is 2. The summed E-state index contributed by atoms with van der Waals surface area (Å²) in [6.45, 7) is 8.19. The number of hydrogen-bond acceptors (Lipinski definition) is 3. The summed E-state index contributed by atoms with van der Waals surface area (Å²) in [5, 5.41) is 3.03. The van der Waals surface area contributed by atoms with Gasteiger partial charge in [0.1, 0.15) is 5.69 Å². The number of amides is 1. The number of carbonyl (C=O) groups is 1. The van der Waals surface area contributed by atoms with E-state index in [0.717, 1.165) is 33.4 Å². The Kier molecular flexibility index (Phi) is 5.42. The number of aromatic nitrogens is 2. The van der Waals surface area contributed by atoms with E-state index in [4.69, 9.17) is 0 Å². The van der Waals surface area contributed by atoms with Gasteiger partial charge in [-0.15, -0.1) is 0 Å². The van der Waals surface area contributed by atoms with E-state index in [1.54, 1.807) is 23.6 Å². The van der Waals surface area contributed by atoms with E-state index in [1.165, 1.54) is 5.56 Å². The molecule has 0 spiro atoms. The van der Waals surface area contributed by atoms with Crippen LogP contribution < -0.4 is 10.9 Å². The highest BCUT2D eigenvalue weighted by Crippen LogP contribution is 2.23. The van der Waals surface area contributed by atoms with Gasteiger partial charge < -0.3 is 9.88 Å². The Morgan fingerprint density at radius 2 is 1.58 bits per heavy atom. The molecule has 4 aromatic rings. The minimum Gasteiger partial charge on any atom is -0.322 e. The molecule has 5 nitrogen and oxygen atoms in total. The molecule has 1 amide bonds. The summed E-state index contributed by atoms with van der Waals surface area (Å²) in [6.07, 6.45) is 0. The van der Waals surface area contributed by atoms with Gasteiger partial charge in [0.15, 0.2) is 0 Å². The van der Waals surface area contributed by atoms with Crippen molar-refractivity contribution in [3.05, 3.63) is 105 Å². The van der Waals surface area contributed by atoms with Crippen LogP contribution in [0.15, 0.2) is 65.5 Å². The van der Waals surface area contributed by atoms with E-state index in [1.807, 2.05) is 57.2 Å². The van der Waals surface area contributed by atoms with E-state index in [0.29, 0.717) is 17.8 Å². The molecule has 0 aliphatic carbocycles. The molecule has 0 aliphatic heterocycles. The molecule has 1 heterocycles. The van der Waals surface area contributed by atoms with Crippen LogP contribution in [-0.2, 0) is 6.54 Å². The van der Waals surface area contributed by atoms with Crippen molar-refractivity contribution in [2.75, 3.05) is 5.32 Å². The summed E-state index contributed by atoms with van der Waals surface area (Å²) in [4.78, 5) is 29.8. The van der Waals surface area contributed by atoms with Gasteiger partial charge in [0.05, 0.1) is 17.6 Å². The first-order valence-electron chi connectivity index (χ1n) is 10.3. The van der Waals surface area contributed by atoms with Gasteiger partial charge in [-0.2, -0.15) is 0 Å². The number of fused-ring (bicyclic) bond motifs is 1. The van der Waals surface area contributed by atoms with Gasteiger partial charge in [0.25, 0.3) is 11.5 Å². The first-order valence-corrected chi connectivity index (χ1v) is 10.3. The summed E-state index contributed by atoms with van der Waals surface area (Å²) in [5.41, 5.74) is 7.58. The van der Waals surface area contributed by atoms with Crippen LogP contribution in [0.1, 0.15) is 38.3 Å². The molecule has 0 aliphatic rings. The van der Waals surface area contributed by atoms with Crippen molar-refractivity contribution >= 4 is 22.6 Å². The monoisotopic (exact) mass is 411 g/mol. The molecule has 0 fully saturated rings. The molecule has 5 heteroatoms. The lowest BCUT2D eigenvalue weighted by atomic mass is 10.0. The molecule has 0 atom stereocenters. The molecular formula is C26H25N3O2. The first kappa shape index (κ1) is 20.5. The molecule has 1 aromatic heterocycles. The Morgan fingerprint density at radius 3 is 2.26 bits per heavy atom. The number of benzene rings is 3. The molecule has 0 unspecified atom stereocenters. The molecule has 0 bridgehead atoms. The van der Waals surface area contributed by atoms with Gasteiger partial charge in [0.2, 0.25) is 0 Å². The third kappa shape index (κ3) is 4.12. The number of anilines is 1. The maximum Gasteiger partial charge on any atom is 0.272 e. The second-order valence-electron chi connectivity index (χ2n) is 8.00. The lowest BCUT2D eigenvalue weighted by molar-refractivity contribution is 0.102. The summed E-state index contributed by atoms with van der Waals surface area (Å²) in [7, 11) is 0. The average molecular weight is 412 g/mol. The van der Waals surface area contributed by atoms with Gasteiger partial charge in [0, 0.05) is 11.3 Å². The second-order valence-corrected chi connectivity index (χ2v) is 8.00. The molecule has 3 aromatic carbocycles. The highest BCUT2D eigenvalue weighted by molar-refractivity contribution is 6.05. The fourth-order valence-corrected chi connectivity index (χ4v) is 3.98. The summed E-state index contributed by atoms with van der Waals surface area (Å²) < 4.78 is 1.73. The molecule has 4 rings (SSSR count). The smallest absolute Gasteiger partial charge is 0.272 e. The SMILES string of the molecule is Cc1cc(C)c(NC(=O)c2ccc(Cn3c(=O)c(C)nc4ccccc43)cc2)c(C)c1. The van der Waals surface area contributed by atoms with E-state index >= 15 is 0 Å². The zero-order valence-corrected chi connectivity index (χ0v) is 18.2. The van der Waals surface area contributed by atoms with Gasteiger partial charge in [-0.1, -0.05) is 42.0 Å². The number of aryl methyl sites for hydroxylation is 4. The Bertz CT molecular complexity index is 1330. The van der Waals surface area contributed by atoms with E-state index in [-0.39, 0.29) is 11.5 Å². The predicted octanol–water partition coefficient (Wildman–Crippen LogP) is 4.93. The van der Waals surface area contributed by atoms with Gasteiger partial charge in [-0.25, -0.2) is 4.98 Å². The van der Waals surface area contributed by atoms with E-state index in [2.05, 4.69) is 22.4 Å². The van der Waals surface area contributed by atoms with Gasteiger partial charge >= 0.3 is 0 Å². The summed E-state index contributed by atoms with van der Waals surface area (Å²) in [6, 6.07) is 19.1. The summed E-state index contributed by atoms with van der Waals surface area (Å²) >= 11 is 0. The zero-order valence-electron chi connectivity index (χ0n) is 18.2. The fraction of sp³-hybridized carbons (Fsp3) is 0.192. The number of rotatable bonds is 4. The third-order valence-corrected chi connectivity index (χ3v) is 5.49. The maximum absolute atomic E-state index is 12.8. The van der Waals surface area contributed by atoms with Crippen LogP contribution in [0.25, 0.3) is 11.0 Å². The van der Waals surface area contributed by atoms with Crippen molar-refractivity contribution in [3.63, 3.8) is 0 Å². The Hall–Kier alpha value is -3.73. The Labute approximate surface area is 181 Å². The fourth-order valence-electron chi connectivity index (χ4n) is 3.98. The lowest BCUT2D eigenvalue weighted by Gasteiger charge is -2.14. The maximum atomic E-state index is 12.8. The van der Waals surface area contributed by atoms with Crippen LogP contribution in [0.3, 0.4) is 0 Å². The average Bonchev–Trinajstić information content (AvgIpc) is 2.74. The van der Waals surface area contributed by atoms with E-state index in [9.17, 15) is 9.59 Å². The van der Waals surface area contributed by atoms with Crippen LogP contribution >= 0.6 is 0 Å². The van der Waals surface area contributed by atoms with Gasteiger partial charge in [-0.3, -0.25) is 9.59 Å². The minimum atomic E-state index is -0.149. The van der Waals surface area contributed by atoms with Crippen LogP contribution in [0, 0.1) is 27.7 Å². The zero-order chi connectivity index (χ0) is 22.1.